The number of hydrogen-bond donors (Lipinski definition) is 2. The van der Waals surface area contributed by atoms with Crippen molar-refractivity contribution in [3.63, 3.8) is 0 Å². The Balaban J connectivity index is 1.75. The Kier molecular flexibility index (Phi) is 5.36. The fourth-order valence-electron chi connectivity index (χ4n) is 2.86. The van der Waals surface area contributed by atoms with Gasteiger partial charge >= 0.3 is 5.97 Å². The van der Waals surface area contributed by atoms with Gasteiger partial charge in [-0.15, -0.1) is 11.3 Å². The Labute approximate surface area is 159 Å². The highest BCUT2D eigenvalue weighted by molar-refractivity contribution is 7.15. The summed E-state index contributed by atoms with van der Waals surface area (Å²) in [6.07, 6.45) is 1.52. The number of aryl methyl sites for hydroxylation is 2. The first-order valence-corrected chi connectivity index (χ1v) is 9.27. The Morgan fingerprint density at radius 3 is 2.81 bits per heavy atom. The maximum Gasteiger partial charge on any atom is 0.308 e. The van der Waals surface area contributed by atoms with Gasteiger partial charge in [0.15, 0.2) is 4.96 Å². The van der Waals surface area contributed by atoms with Crippen molar-refractivity contribution in [3.05, 3.63) is 68.6 Å². The summed E-state index contributed by atoms with van der Waals surface area (Å²) in [6, 6.07) is 7.58. The molecule has 1 amide bonds. The number of thiazole rings is 1. The molecule has 27 heavy (non-hydrogen) atoms. The number of aromatic nitrogens is 2. The van der Waals surface area contributed by atoms with Gasteiger partial charge in [-0.05, 0) is 25.8 Å². The lowest BCUT2D eigenvalue weighted by atomic mass is 9.98. The summed E-state index contributed by atoms with van der Waals surface area (Å²) < 4.78 is 1.38. The van der Waals surface area contributed by atoms with Gasteiger partial charge in [0.25, 0.3) is 11.5 Å². The van der Waals surface area contributed by atoms with E-state index in [1.807, 2.05) is 31.2 Å². The number of carboxylic acid groups (broad SMARTS) is 1. The third-order valence-corrected chi connectivity index (χ3v) is 5.24. The molecular weight excluding hydrogens is 366 g/mol. The topological polar surface area (TPSA) is 101 Å². The van der Waals surface area contributed by atoms with Crippen LogP contribution in [0.1, 0.15) is 27.2 Å². The van der Waals surface area contributed by atoms with Crippen LogP contribution in [-0.4, -0.2) is 32.9 Å². The number of amides is 1. The lowest BCUT2D eigenvalue weighted by Crippen LogP contribution is -2.37. The standard InChI is InChI=1S/C19H19N3O4S/c1-11-4-3-5-13(6-11)7-14(18(25)26)8-20-16(23)15-9-21-19-22(17(15)24)12(2)10-27-19/h3-6,9-10,14H,7-8H2,1-2H3,(H,20,23)(H,25,26). The molecule has 0 saturated carbocycles. The Bertz CT molecular complexity index is 1070. The molecule has 0 bridgehead atoms. The molecule has 7 nitrogen and oxygen atoms in total. The van der Waals surface area contributed by atoms with Gasteiger partial charge in [0, 0.05) is 23.8 Å². The van der Waals surface area contributed by atoms with Crippen LogP contribution in [0.3, 0.4) is 0 Å². The van der Waals surface area contributed by atoms with Crippen molar-refractivity contribution >= 4 is 28.2 Å². The van der Waals surface area contributed by atoms with Crippen LogP contribution in [0.15, 0.2) is 40.6 Å². The molecule has 1 atom stereocenters. The van der Waals surface area contributed by atoms with Crippen molar-refractivity contribution in [2.24, 2.45) is 5.92 Å². The Morgan fingerprint density at radius 2 is 2.11 bits per heavy atom. The number of fused-ring (bicyclic) bond motifs is 1. The number of carbonyl (C=O) groups excluding carboxylic acids is 1. The van der Waals surface area contributed by atoms with Gasteiger partial charge in [-0.25, -0.2) is 4.98 Å². The van der Waals surface area contributed by atoms with Crippen LogP contribution >= 0.6 is 11.3 Å². The normalized spacial score (nSPS) is 12.1. The Morgan fingerprint density at radius 1 is 1.33 bits per heavy atom. The zero-order valence-electron chi connectivity index (χ0n) is 14.9. The van der Waals surface area contributed by atoms with Gasteiger partial charge in [0.2, 0.25) is 0 Å². The predicted octanol–water partition coefficient (Wildman–Crippen LogP) is 2.05. The molecule has 2 aromatic heterocycles. The summed E-state index contributed by atoms with van der Waals surface area (Å²) in [4.78, 5) is 41.1. The van der Waals surface area contributed by atoms with E-state index in [9.17, 15) is 19.5 Å². The first-order chi connectivity index (χ1) is 12.9. The van der Waals surface area contributed by atoms with Crippen LogP contribution in [-0.2, 0) is 11.2 Å². The smallest absolute Gasteiger partial charge is 0.308 e. The number of carbonyl (C=O) groups is 2. The molecule has 2 heterocycles. The second kappa shape index (κ2) is 7.71. The fraction of sp³-hybridized carbons (Fsp3) is 0.263. The molecule has 3 rings (SSSR count). The number of carboxylic acids is 1. The van der Waals surface area contributed by atoms with E-state index in [4.69, 9.17) is 0 Å². The lowest BCUT2D eigenvalue weighted by molar-refractivity contribution is -0.141. The number of hydrogen-bond acceptors (Lipinski definition) is 5. The minimum atomic E-state index is -1.00. The van der Waals surface area contributed by atoms with E-state index in [1.54, 1.807) is 12.3 Å². The summed E-state index contributed by atoms with van der Waals surface area (Å²) in [5.74, 6) is -2.42. The van der Waals surface area contributed by atoms with E-state index in [1.165, 1.54) is 21.9 Å². The van der Waals surface area contributed by atoms with Crippen LogP contribution in [0.2, 0.25) is 0 Å². The number of aliphatic carboxylic acids is 1. The highest BCUT2D eigenvalue weighted by Gasteiger charge is 2.21. The van der Waals surface area contributed by atoms with E-state index >= 15 is 0 Å². The van der Waals surface area contributed by atoms with Crippen molar-refractivity contribution in [3.8, 4) is 0 Å². The third-order valence-electron chi connectivity index (χ3n) is 4.28. The molecule has 1 aromatic carbocycles. The van der Waals surface area contributed by atoms with Gasteiger partial charge < -0.3 is 10.4 Å². The fourth-order valence-corrected chi connectivity index (χ4v) is 3.69. The third kappa shape index (κ3) is 4.06. The Hall–Kier alpha value is -3.00. The summed E-state index contributed by atoms with van der Waals surface area (Å²) in [7, 11) is 0. The second-order valence-corrected chi connectivity index (χ2v) is 7.25. The molecule has 0 saturated heterocycles. The summed E-state index contributed by atoms with van der Waals surface area (Å²) >= 11 is 1.32. The van der Waals surface area contributed by atoms with Gasteiger partial charge in [-0.2, -0.15) is 0 Å². The molecule has 0 aliphatic heterocycles. The van der Waals surface area contributed by atoms with Gasteiger partial charge in [-0.3, -0.25) is 18.8 Å². The molecule has 0 aliphatic rings. The summed E-state index contributed by atoms with van der Waals surface area (Å²) in [6.45, 7) is 3.62. The van der Waals surface area contributed by atoms with E-state index in [-0.39, 0.29) is 18.5 Å². The number of rotatable bonds is 6. The molecule has 0 fully saturated rings. The molecule has 140 valence electrons. The number of benzene rings is 1. The first kappa shape index (κ1) is 18.8. The quantitative estimate of drug-likeness (QED) is 0.676. The highest BCUT2D eigenvalue weighted by Crippen LogP contribution is 2.12. The van der Waals surface area contributed by atoms with Crippen molar-refractivity contribution in [2.75, 3.05) is 6.54 Å². The first-order valence-electron chi connectivity index (χ1n) is 8.39. The van der Waals surface area contributed by atoms with E-state index in [0.717, 1.165) is 11.1 Å². The SMILES string of the molecule is Cc1cccc(CC(CNC(=O)c2cnc3scc(C)n3c2=O)C(=O)O)c1. The van der Waals surface area contributed by atoms with Gasteiger partial charge in [0.05, 0.1) is 5.92 Å². The predicted molar refractivity (Wildman–Crippen MR) is 102 cm³/mol. The molecule has 0 aliphatic carbocycles. The van der Waals surface area contributed by atoms with Crippen molar-refractivity contribution in [2.45, 2.75) is 20.3 Å². The van der Waals surface area contributed by atoms with Crippen LogP contribution in [0.4, 0.5) is 0 Å². The molecule has 1 unspecified atom stereocenters. The van der Waals surface area contributed by atoms with Crippen molar-refractivity contribution in [1.29, 1.82) is 0 Å². The maximum absolute atomic E-state index is 12.5. The average molecular weight is 385 g/mol. The highest BCUT2D eigenvalue weighted by atomic mass is 32.1. The van der Waals surface area contributed by atoms with E-state index in [0.29, 0.717) is 10.7 Å². The lowest BCUT2D eigenvalue weighted by Gasteiger charge is -2.14. The molecular formula is C19H19N3O4S. The maximum atomic E-state index is 12.5. The molecule has 0 radical (unpaired) electrons. The largest absolute Gasteiger partial charge is 0.481 e. The van der Waals surface area contributed by atoms with Crippen LogP contribution in [0.25, 0.3) is 4.96 Å². The van der Waals surface area contributed by atoms with Crippen molar-refractivity contribution < 1.29 is 14.7 Å². The minimum Gasteiger partial charge on any atom is -0.481 e. The zero-order valence-corrected chi connectivity index (χ0v) is 15.7. The van der Waals surface area contributed by atoms with Crippen LogP contribution < -0.4 is 10.9 Å². The second-order valence-electron chi connectivity index (χ2n) is 6.41. The van der Waals surface area contributed by atoms with Crippen LogP contribution in [0, 0.1) is 19.8 Å². The zero-order chi connectivity index (χ0) is 19.6. The van der Waals surface area contributed by atoms with E-state index < -0.39 is 23.4 Å². The van der Waals surface area contributed by atoms with E-state index in [2.05, 4.69) is 10.3 Å². The summed E-state index contributed by atoms with van der Waals surface area (Å²) in [5.41, 5.74) is 2.06. The average Bonchev–Trinajstić information content (AvgIpc) is 3.00. The molecule has 0 spiro atoms. The molecule has 2 N–H and O–H groups in total. The number of nitrogens with one attached hydrogen (secondary N) is 1. The van der Waals surface area contributed by atoms with Gasteiger partial charge in [-0.1, -0.05) is 29.8 Å². The van der Waals surface area contributed by atoms with Gasteiger partial charge in [0.1, 0.15) is 5.56 Å². The molecule has 8 heteroatoms. The van der Waals surface area contributed by atoms with Crippen molar-refractivity contribution in [1.82, 2.24) is 14.7 Å². The minimum absolute atomic E-state index is 0.0765. The summed E-state index contributed by atoms with van der Waals surface area (Å²) in [5, 5.41) is 13.8. The number of nitrogens with zero attached hydrogens (tertiary/aromatic N) is 2. The monoisotopic (exact) mass is 385 g/mol. The molecule has 3 aromatic rings. The van der Waals surface area contributed by atoms with Crippen LogP contribution in [0.5, 0.6) is 0 Å².